The maximum absolute atomic E-state index is 11.9. The van der Waals surface area contributed by atoms with Crippen LogP contribution in [0.3, 0.4) is 0 Å². The van der Waals surface area contributed by atoms with Crippen LogP contribution in [0.15, 0.2) is 0 Å². The van der Waals surface area contributed by atoms with Crippen molar-refractivity contribution >= 4 is 18.3 Å². The molecule has 1 fully saturated rings. The molecule has 0 unspecified atom stereocenters. The number of alkyl halides is 3. The molecule has 0 aliphatic carbocycles. The molecule has 4 atom stereocenters. The summed E-state index contributed by atoms with van der Waals surface area (Å²) >= 11 is 0. The molecule has 1 aliphatic rings. The van der Waals surface area contributed by atoms with Gasteiger partial charge in [-0.2, -0.15) is 13.2 Å². The summed E-state index contributed by atoms with van der Waals surface area (Å²) in [5.74, 6) is -2.23. The van der Waals surface area contributed by atoms with E-state index in [1.807, 2.05) is 0 Å². The molecule has 102 valence electrons. The smallest absolute Gasteiger partial charge is 0.389 e. The molecule has 0 saturated carbocycles. The number of nitrogens with one attached hydrogen (secondary N) is 2. The molecular weight excluding hydrogens is 269 g/mol. The summed E-state index contributed by atoms with van der Waals surface area (Å²) in [6.45, 7) is -0.235. The van der Waals surface area contributed by atoms with Crippen LogP contribution in [-0.4, -0.2) is 58.4 Å². The molecule has 0 spiro atoms. The Morgan fingerprint density at radius 2 is 1.76 bits per heavy atom. The van der Waals surface area contributed by atoms with Crippen molar-refractivity contribution < 1.29 is 33.3 Å². The quantitative estimate of drug-likeness (QED) is 0.386. The number of aliphatic hydroxyl groups is 3. The van der Waals surface area contributed by atoms with E-state index in [-0.39, 0.29) is 19.0 Å². The van der Waals surface area contributed by atoms with Gasteiger partial charge in [0.15, 0.2) is 0 Å². The number of carbonyl (C=O) groups excluding carboxylic acids is 1. The van der Waals surface area contributed by atoms with Crippen LogP contribution < -0.4 is 10.6 Å². The van der Waals surface area contributed by atoms with Gasteiger partial charge in [-0.05, 0) is 0 Å². The van der Waals surface area contributed by atoms with E-state index in [2.05, 4.69) is 5.32 Å². The molecule has 1 rings (SSSR count). The highest BCUT2D eigenvalue weighted by molar-refractivity contribution is 5.85. The molecule has 17 heavy (non-hydrogen) atoms. The Morgan fingerprint density at radius 1 is 1.24 bits per heavy atom. The van der Waals surface area contributed by atoms with Crippen LogP contribution in [0.1, 0.15) is 0 Å². The summed E-state index contributed by atoms with van der Waals surface area (Å²) in [5, 5.41) is 31.2. The second-order valence-electron chi connectivity index (χ2n) is 3.41. The van der Waals surface area contributed by atoms with Gasteiger partial charge in [0, 0.05) is 6.54 Å². The second kappa shape index (κ2) is 5.83. The van der Waals surface area contributed by atoms with Gasteiger partial charge >= 0.3 is 12.1 Å². The molecule has 0 aromatic carbocycles. The molecule has 1 heterocycles. The maximum atomic E-state index is 11.9. The van der Waals surface area contributed by atoms with Crippen LogP contribution >= 0.6 is 12.4 Å². The lowest BCUT2D eigenvalue weighted by molar-refractivity contribution is -0.177. The summed E-state index contributed by atoms with van der Waals surface area (Å²) in [6, 6.07) is 0. The second-order valence-corrected chi connectivity index (χ2v) is 3.41. The summed E-state index contributed by atoms with van der Waals surface area (Å²) in [5.41, 5.74) is 0. The number of piperidine rings is 1. The van der Waals surface area contributed by atoms with Gasteiger partial charge in [-0.1, -0.05) is 0 Å². The monoisotopic (exact) mass is 280 g/mol. The third-order valence-corrected chi connectivity index (χ3v) is 2.18. The first-order valence-electron chi connectivity index (χ1n) is 4.38. The lowest BCUT2D eigenvalue weighted by Gasteiger charge is -2.36. The zero-order valence-electron chi connectivity index (χ0n) is 8.31. The Labute approximate surface area is 100 Å². The van der Waals surface area contributed by atoms with E-state index in [0.29, 0.717) is 0 Å². The Kier molecular flexibility index (Phi) is 5.62. The summed E-state index contributed by atoms with van der Waals surface area (Å²) in [7, 11) is 0. The molecule has 10 heteroatoms. The van der Waals surface area contributed by atoms with E-state index in [0.717, 1.165) is 0 Å². The average Bonchev–Trinajstić information content (AvgIpc) is 2.17. The zero-order valence-corrected chi connectivity index (χ0v) is 9.13. The predicted octanol–water partition coefficient (Wildman–Crippen LogP) is -1.90. The number of aliphatic hydroxyl groups excluding tert-OH is 3. The highest BCUT2D eigenvalue weighted by Gasteiger charge is 2.43. The van der Waals surface area contributed by atoms with Crippen molar-refractivity contribution in [3.63, 3.8) is 0 Å². The molecule has 5 N–H and O–H groups in total. The van der Waals surface area contributed by atoms with Gasteiger partial charge in [0.05, 0.1) is 6.10 Å². The van der Waals surface area contributed by atoms with Crippen LogP contribution in [0.25, 0.3) is 0 Å². The van der Waals surface area contributed by atoms with Crippen molar-refractivity contribution in [2.45, 2.75) is 30.7 Å². The van der Waals surface area contributed by atoms with Crippen LogP contribution in [0.4, 0.5) is 13.2 Å². The van der Waals surface area contributed by atoms with Gasteiger partial charge in [-0.15, -0.1) is 12.4 Å². The number of hydrogen-bond donors (Lipinski definition) is 5. The highest BCUT2D eigenvalue weighted by Crippen LogP contribution is 2.16. The number of β-amino-alcohol motifs (C(OH)–C–C–N with tert-alkyl or cyclic N) is 1. The van der Waals surface area contributed by atoms with E-state index in [1.165, 1.54) is 5.32 Å². The standard InChI is InChI=1S/C7H11F3N2O4.ClH/c8-7(9,10)6(16)12-5-4(15)3(14)2(13)1-11-5;/h2-5,11,13-15H,1H2,(H,12,16);1H/t2-,3-,4-,5+;/m1./s1. The van der Waals surface area contributed by atoms with Crippen molar-refractivity contribution in [3.8, 4) is 0 Å². The molecular formula is C7H12ClF3N2O4. The fourth-order valence-electron chi connectivity index (χ4n) is 1.27. The molecule has 0 bridgehead atoms. The van der Waals surface area contributed by atoms with Gasteiger partial charge < -0.3 is 20.6 Å². The third-order valence-electron chi connectivity index (χ3n) is 2.18. The number of amides is 1. The number of carbonyl (C=O) groups is 1. The van der Waals surface area contributed by atoms with Gasteiger partial charge in [0.1, 0.15) is 18.4 Å². The lowest BCUT2D eigenvalue weighted by atomic mass is 10.0. The van der Waals surface area contributed by atoms with Crippen LogP contribution in [0.2, 0.25) is 0 Å². The van der Waals surface area contributed by atoms with Crippen molar-refractivity contribution in [1.29, 1.82) is 0 Å². The first-order valence-corrected chi connectivity index (χ1v) is 4.38. The first-order chi connectivity index (χ1) is 7.23. The van der Waals surface area contributed by atoms with E-state index in [1.54, 1.807) is 0 Å². The topological polar surface area (TPSA) is 102 Å². The van der Waals surface area contributed by atoms with Crippen LogP contribution in [0.5, 0.6) is 0 Å². The maximum Gasteiger partial charge on any atom is 0.471 e. The SMILES string of the molecule is Cl.O=C(N[C@@H]1NC[C@@H](O)[C@@H](O)[C@H]1O)C(F)(F)F. The molecule has 1 aliphatic heterocycles. The fourth-order valence-corrected chi connectivity index (χ4v) is 1.27. The Hall–Kier alpha value is -0.610. The summed E-state index contributed by atoms with van der Waals surface area (Å²) in [4.78, 5) is 10.5. The third kappa shape index (κ3) is 3.96. The summed E-state index contributed by atoms with van der Waals surface area (Å²) < 4.78 is 35.6. The van der Waals surface area contributed by atoms with Crippen molar-refractivity contribution in [3.05, 3.63) is 0 Å². The highest BCUT2D eigenvalue weighted by atomic mass is 35.5. The molecule has 1 saturated heterocycles. The first kappa shape index (κ1) is 16.4. The van der Waals surface area contributed by atoms with E-state index in [9.17, 15) is 23.1 Å². The number of halogens is 4. The average molecular weight is 281 g/mol. The van der Waals surface area contributed by atoms with Gasteiger partial charge in [-0.3, -0.25) is 10.1 Å². The largest absolute Gasteiger partial charge is 0.471 e. The minimum atomic E-state index is -5.07. The number of hydrogen-bond acceptors (Lipinski definition) is 5. The Balaban J connectivity index is 0.00000256. The lowest BCUT2D eigenvalue weighted by Crippen LogP contribution is -2.66. The number of rotatable bonds is 1. The van der Waals surface area contributed by atoms with Crippen LogP contribution in [-0.2, 0) is 4.79 Å². The molecule has 1 amide bonds. The Morgan fingerprint density at radius 3 is 2.24 bits per heavy atom. The van der Waals surface area contributed by atoms with Crippen molar-refractivity contribution in [2.24, 2.45) is 0 Å². The predicted molar refractivity (Wildman–Crippen MR) is 51.3 cm³/mol. The van der Waals surface area contributed by atoms with Crippen molar-refractivity contribution in [1.82, 2.24) is 10.6 Å². The van der Waals surface area contributed by atoms with Crippen molar-refractivity contribution in [2.75, 3.05) is 6.54 Å². The van der Waals surface area contributed by atoms with Gasteiger partial charge in [0.2, 0.25) is 0 Å². The van der Waals surface area contributed by atoms with Crippen LogP contribution in [0, 0.1) is 0 Å². The normalized spacial score (nSPS) is 33.8. The fraction of sp³-hybridized carbons (Fsp3) is 0.857. The molecule has 6 nitrogen and oxygen atoms in total. The van der Waals surface area contributed by atoms with Gasteiger partial charge in [0.25, 0.3) is 0 Å². The Bertz CT molecular complexity index is 278. The molecule has 0 radical (unpaired) electrons. The van der Waals surface area contributed by atoms with Gasteiger partial charge in [-0.25, -0.2) is 0 Å². The molecule has 0 aromatic rings. The summed E-state index contributed by atoms with van der Waals surface area (Å²) in [6.07, 6.45) is -11.1. The van der Waals surface area contributed by atoms with E-state index < -0.39 is 36.6 Å². The zero-order chi connectivity index (χ0) is 12.5. The minimum absolute atomic E-state index is 0. The van der Waals surface area contributed by atoms with E-state index in [4.69, 9.17) is 10.2 Å². The minimum Gasteiger partial charge on any atom is -0.389 e. The van der Waals surface area contributed by atoms with E-state index >= 15 is 0 Å². The molecule has 0 aromatic heterocycles.